The highest BCUT2D eigenvalue weighted by Gasteiger charge is 2.21. The molecule has 0 bridgehead atoms. The van der Waals surface area contributed by atoms with Crippen molar-refractivity contribution in [1.82, 2.24) is 4.98 Å². The van der Waals surface area contributed by atoms with Crippen LogP contribution >= 0.6 is 0 Å². The van der Waals surface area contributed by atoms with Gasteiger partial charge in [-0.25, -0.2) is 4.98 Å². The minimum absolute atomic E-state index is 0.0719. The predicted molar refractivity (Wildman–Crippen MR) is 73.0 cm³/mol. The van der Waals surface area contributed by atoms with Gasteiger partial charge in [0.1, 0.15) is 5.82 Å². The van der Waals surface area contributed by atoms with Crippen molar-refractivity contribution in [3.05, 3.63) is 27.9 Å². The molecule has 4 N–H and O–H groups in total. The fourth-order valence-corrected chi connectivity index (χ4v) is 1.73. The number of amidine groups is 1. The normalized spacial score (nSPS) is 11.4. The molecule has 1 rings (SSSR count). The highest BCUT2D eigenvalue weighted by molar-refractivity contribution is 5.99. The van der Waals surface area contributed by atoms with Crippen LogP contribution in [0.15, 0.2) is 17.3 Å². The van der Waals surface area contributed by atoms with Crippen molar-refractivity contribution >= 4 is 17.3 Å². The standard InChI is InChI=1S/C11H17N5O4/c1-2-5-15(6-7-17)9-4-3-8(16(19)20)10(13-9)11(12)14-18/h3-4,17-18H,2,5-7H2,1H3,(H2,12,14). The van der Waals surface area contributed by atoms with Crippen molar-refractivity contribution in [2.75, 3.05) is 24.6 Å². The van der Waals surface area contributed by atoms with Crippen LogP contribution in [-0.4, -0.2) is 45.8 Å². The van der Waals surface area contributed by atoms with Crippen molar-refractivity contribution in [3.8, 4) is 0 Å². The van der Waals surface area contributed by atoms with Crippen LogP contribution in [0.2, 0.25) is 0 Å². The third kappa shape index (κ3) is 3.54. The number of nitrogens with two attached hydrogens (primary N) is 1. The molecule has 0 aromatic carbocycles. The van der Waals surface area contributed by atoms with Crippen molar-refractivity contribution in [1.29, 1.82) is 0 Å². The van der Waals surface area contributed by atoms with Crippen LogP contribution in [0.5, 0.6) is 0 Å². The Kier molecular flexibility index (Phi) is 5.66. The molecular weight excluding hydrogens is 266 g/mol. The molecule has 110 valence electrons. The number of rotatable bonds is 7. The summed E-state index contributed by atoms with van der Waals surface area (Å²) in [5.74, 6) is -0.00732. The highest BCUT2D eigenvalue weighted by Crippen LogP contribution is 2.21. The Morgan fingerprint density at radius 1 is 1.55 bits per heavy atom. The molecule has 0 spiro atoms. The highest BCUT2D eigenvalue weighted by atomic mass is 16.6. The second kappa shape index (κ2) is 7.24. The Bertz CT molecular complexity index is 500. The summed E-state index contributed by atoms with van der Waals surface area (Å²) in [6.45, 7) is 2.85. The summed E-state index contributed by atoms with van der Waals surface area (Å²) in [5, 5.41) is 31.4. The Hall–Kier alpha value is -2.42. The van der Waals surface area contributed by atoms with Crippen molar-refractivity contribution < 1.29 is 15.2 Å². The van der Waals surface area contributed by atoms with E-state index in [4.69, 9.17) is 16.0 Å². The van der Waals surface area contributed by atoms with Gasteiger partial charge in [0.2, 0.25) is 0 Å². The molecule has 1 aromatic heterocycles. The van der Waals surface area contributed by atoms with Gasteiger partial charge in [0.25, 0.3) is 5.69 Å². The molecule has 0 aliphatic heterocycles. The van der Waals surface area contributed by atoms with Gasteiger partial charge in [-0.05, 0) is 12.5 Å². The molecular formula is C11H17N5O4. The lowest BCUT2D eigenvalue weighted by Gasteiger charge is -2.22. The van der Waals surface area contributed by atoms with Crippen LogP contribution in [0.25, 0.3) is 0 Å². The van der Waals surface area contributed by atoms with E-state index in [1.54, 1.807) is 4.90 Å². The maximum Gasteiger partial charge on any atom is 0.298 e. The van der Waals surface area contributed by atoms with Crippen molar-refractivity contribution in [3.63, 3.8) is 0 Å². The van der Waals surface area contributed by atoms with E-state index in [0.717, 1.165) is 6.42 Å². The van der Waals surface area contributed by atoms with Crippen LogP contribution in [0.1, 0.15) is 19.0 Å². The summed E-state index contributed by atoms with van der Waals surface area (Å²) < 4.78 is 0. The first-order chi connectivity index (χ1) is 9.54. The molecule has 9 nitrogen and oxygen atoms in total. The lowest BCUT2D eigenvalue weighted by molar-refractivity contribution is -0.385. The van der Waals surface area contributed by atoms with Gasteiger partial charge >= 0.3 is 0 Å². The maximum atomic E-state index is 10.9. The monoisotopic (exact) mass is 283 g/mol. The Balaban J connectivity index is 3.26. The molecule has 0 aliphatic rings. The topological polar surface area (TPSA) is 138 Å². The summed E-state index contributed by atoms with van der Waals surface area (Å²) >= 11 is 0. The number of aliphatic hydroxyl groups is 1. The smallest absolute Gasteiger partial charge is 0.298 e. The summed E-state index contributed by atoms with van der Waals surface area (Å²) in [6, 6.07) is 2.72. The van der Waals surface area contributed by atoms with E-state index in [1.165, 1.54) is 12.1 Å². The van der Waals surface area contributed by atoms with Crippen LogP contribution in [0, 0.1) is 10.1 Å². The van der Waals surface area contributed by atoms with Gasteiger partial charge in [0.05, 0.1) is 11.5 Å². The van der Waals surface area contributed by atoms with Crippen LogP contribution < -0.4 is 10.6 Å². The molecule has 0 radical (unpaired) electrons. The van der Waals surface area contributed by atoms with Gasteiger partial charge in [-0.1, -0.05) is 12.1 Å². The summed E-state index contributed by atoms with van der Waals surface area (Å²) in [6.07, 6.45) is 0.817. The first kappa shape index (κ1) is 15.6. The molecule has 0 amide bonds. The van der Waals surface area contributed by atoms with Crippen LogP contribution in [-0.2, 0) is 0 Å². The number of pyridine rings is 1. The number of nitrogens with zero attached hydrogens (tertiary/aromatic N) is 4. The lowest BCUT2D eigenvalue weighted by atomic mass is 10.2. The van der Waals surface area contributed by atoms with E-state index >= 15 is 0 Å². The van der Waals surface area contributed by atoms with Crippen LogP contribution in [0.4, 0.5) is 11.5 Å². The van der Waals surface area contributed by atoms with E-state index < -0.39 is 10.8 Å². The fraction of sp³-hybridized carbons (Fsp3) is 0.455. The van der Waals surface area contributed by atoms with Crippen molar-refractivity contribution in [2.24, 2.45) is 10.9 Å². The maximum absolute atomic E-state index is 10.9. The van der Waals surface area contributed by atoms with Gasteiger partial charge in [-0.15, -0.1) is 0 Å². The number of hydrogen-bond donors (Lipinski definition) is 3. The van der Waals surface area contributed by atoms with Gasteiger partial charge < -0.3 is 20.9 Å². The zero-order valence-electron chi connectivity index (χ0n) is 11.1. The van der Waals surface area contributed by atoms with Crippen LogP contribution in [0.3, 0.4) is 0 Å². The molecule has 0 unspecified atom stereocenters. The molecule has 0 atom stereocenters. The third-order valence-electron chi connectivity index (χ3n) is 2.59. The van der Waals surface area contributed by atoms with E-state index in [9.17, 15) is 10.1 Å². The minimum Gasteiger partial charge on any atom is -0.409 e. The van der Waals surface area contributed by atoms with E-state index in [1.807, 2.05) is 6.92 Å². The Morgan fingerprint density at radius 2 is 2.25 bits per heavy atom. The molecule has 0 fully saturated rings. The van der Waals surface area contributed by atoms with E-state index in [2.05, 4.69) is 10.1 Å². The Labute approximate surface area is 115 Å². The van der Waals surface area contributed by atoms with Gasteiger partial charge in [-0.3, -0.25) is 10.1 Å². The number of aliphatic hydroxyl groups excluding tert-OH is 1. The van der Waals surface area contributed by atoms with E-state index in [0.29, 0.717) is 18.9 Å². The summed E-state index contributed by atoms with van der Waals surface area (Å²) in [4.78, 5) is 16.1. The first-order valence-electron chi connectivity index (χ1n) is 6.04. The number of anilines is 1. The average Bonchev–Trinajstić information content (AvgIpc) is 2.45. The number of aromatic nitrogens is 1. The Morgan fingerprint density at radius 3 is 2.75 bits per heavy atom. The molecule has 0 aliphatic carbocycles. The summed E-state index contributed by atoms with van der Waals surface area (Å²) in [5.41, 5.74) is 4.87. The largest absolute Gasteiger partial charge is 0.409 e. The molecule has 9 heteroatoms. The number of nitro groups is 1. The predicted octanol–water partition coefficient (Wildman–Crippen LogP) is 0.293. The zero-order chi connectivity index (χ0) is 15.1. The second-order valence-corrected chi connectivity index (χ2v) is 3.99. The average molecular weight is 283 g/mol. The molecule has 20 heavy (non-hydrogen) atoms. The molecule has 0 saturated heterocycles. The van der Waals surface area contributed by atoms with Gasteiger partial charge in [0, 0.05) is 19.2 Å². The molecule has 1 aromatic rings. The molecule has 1 heterocycles. The number of hydrogen-bond acceptors (Lipinski definition) is 7. The zero-order valence-corrected chi connectivity index (χ0v) is 11.1. The quantitative estimate of drug-likeness (QED) is 0.215. The molecule has 0 saturated carbocycles. The van der Waals surface area contributed by atoms with Gasteiger partial charge in [0.15, 0.2) is 11.5 Å². The fourth-order valence-electron chi connectivity index (χ4n) is 1.73. The second-order valence-electron chi connectivity index (χ2n) is 3.99. The van der Waals surface area contributed by atoms with E-state index in [-0.39, 0.29) is 18.0 Å². The SMILES string of the molecule is CCCN(CCO)c1ccc([N+](=O)[O-])c(/C(N)=N/O)n1. The van der Waals surface area contributed by atoms with Crippen molar-refractivity contribution in [2.45, 2.75) is 13.3 Å². The summed E-state index contributed by atoms with van der Waals surface area (Å²) in [7, 11) is 0. The lowest BCUT2D eigenvalue weighted by Crippen LogP contribution is -2.29. The van der Waals surface area contributed by atoms with Gasteiger partial charge in [-0.2, -0.15) is 0 Å². The number of oxime groups is 1. The minimum atomic E-state index is -0.652. The third-order valence-corrected chi connectivity index (χ3v) is 2.59. The first-order valence-corrected chi connectivity index (χ1v) is 6.04.